The van der Waals surface area contributed by atoms with Crippen LogP contribution in [0.15, 0.2) is 35.6 Å². The molecule has 1 aliphatic carbocycles. The molecule has 0 spiro atoms. The van der Waals surface area contributed by atoms with Gasteiger partial charge < -0.3 is 15.2 Å². The molecule has 14 heteroatoms. The number of anilines is 1. The van der Waals surface area contributed by atoms with Crippen LogP contribution in [0.2, 0.25) is 30.7 Å². The number of carboxylic acid groups (broad SMARTS) is 1. The number of pyridine rings is 2. The van der Waals surface area contributed by atoms with Crippen molar-refractivity contribution in [3.8, 4) is 0 Å². The van der Waals surface area contributed by atoms with E-state index in [0.717, 1.165) is 28.9 Å². The Morgan fingerprint density at radius 3 is 2.67 bits per heavy atom. The van der Waals surface area contributed by atoms with Crippen LogP contribution in [0.5, 0.6) is 0 Å². The number of alkyl halides is 1. The Labute approximate surface area is 235 Å². The van der Waals surface area contributed by atoms with Crippen LogP contribution in [-0.4, -0.2) is 70.0 Å². The fraction of sp³-hybridized carbons (Fsp3) is 0.480. The summed E-state index contributed by atoms with van der Waals surface area (Å²) in [7, 11) is -1.40. The lowest BCUT2D eigenvalue weighted by Crippen LogP contribution is -2.44. The number of carbonyl (C=O) groups is 2. The number of rotatable bonds is 9. The van der Waals surface area contributed by atoms with Crippen molar-refractivity contribution in [2.24, 2.45) is 10.9 Å². The fourth-order valence-corrected chi connectivity index (χ4v) is 6.82. The average Bonchev–Trinajstić information content (AvgIpc) is 3.61. The summed E-state index contributed by atoms with van der Waals surface area (Å²) in [6, 6.07) is 5.19. The van der Waals surface area contributed by atoms with E-state index in [0.29, 0.717) is 18.1 Å². The molecule has 1 fully saturated rings. The Morgan fingerprint density at radius 1 is 1.31 bits per heavy atom. The Hall–Kier alpha value is -2.61. The summed E-state index contributed by atoms with van der Waals surface area (Å²) >= 11 is 6.87. The maximum Gasteiger partial charge on any atom is 0.415 e. The molecule has 0 radical (unpaired) electrons. The quantitative estimate of drug-likeness (QED) is 0.161. The van der Waals surface area contributed by atoms with Crippen molar-refractivity contribution < 1.29 is 28.2 Å². The molecule has 9 nitrogen and oxygen atoms in total. The van der Waals surface area contributed by atoms with Gasteiger partial charge in [-0.2, -0.15) is 4.39 Å². The van der Waals surface area contributed by atoms with E-state index in [1.807, 2.05) is 0 Å². The molecule has 1 aliphatic heterocycles. The number of amides is 2. The molecule has 2 aliphatic rings. The molecule has 2 N–H and O–H groups in total. The van der Waals surface area contributed by atoms with Gasteiger partial charge in [0.1, 0.15) is 19.1 Å². The minimum atomic E-state index is -1.40. The summed E-state index contributed by atoms with van der Waals surface area (Å²) in [5.41, 5.74) is -1.04. The third-order valence-electron chi connectivity index (χ3n) is 6.83. The van der Waals surface area contributed by atoms with Crippen molar-refractivity contribution in [3.63, 3.8) is 0 Å². The van der Waals surface area contributed by atoms with Crippen LogP contribution in [0.25, 0.3) is 0 Å². The van der Waals surface area contributed by atoms with Gasteiger partial charge in [-0.15, -0.1) is 0 Å². The van der Waals surface area contributed by atoms with Crippen LogP contribution in [-0.2, 0) is 10.3 Å². The zero-order valence-electron chi connectivity index (χ0n) is 22.0. The SMILES string of the molecule is C[C@]1(c2cc(NC(=O)c3ccc(Cl)cn3)cnc2F)N=C(N(COCC[Si](C)(C)C)C(=O)O)S[C@@]2(CF)C[C@H]21. The number of ether oxygens (including phenoxy) is 1. The maximum atomic E-state index is 15.2. The number of amidine groups is 1. The van der Waals surface area contributed by atoms with Gasteiger partial charge in [-0.3, -0.25) is 9.79 Å². The molecule has 3 atom stereocenters. The zero-order chi connectivity index (χ0) is 28.6. The molecule has 0 unspecified atom stereocenters. The maximum absolute atomic E-state index is 15.2. The number of nitrogens with one attached hydrogen (secondary N) is 1. The van der Waals surface area contributed by atoms with E-state index in [9.17, 15) is 19.1 Å². The molecular weight excluding hydrogens is 568 g/mol. The van der Waals surface area contributed by atoms with Crippen molar-refractivity contribution in [2.75, 3.05) is 25.3 Å². The molecule has 210 valence electrons. The number of halogens is 3. The Bertz CT molecular complexity index is 1300. The Balaban J connectivity index is 1.63. The van der Waals surface area contributed by atoms with Gasteiger partial charge in [-0.05, 0) is 37.6 Å². The molecule has 3 heterocycles. The highest BCUT2D eigenvalue weighted by Gasteiger charge is 2.67. The Kier molecular flexibility index (Phi) is 8.36. The first-order valence-corrected chi connectivity index (χ1v) is 17.2. The largest absolute Gasteiger partial charge is 0.465 e. The summed E-state index contributed by atoms with van der Waals surface area (Å²) in [4.78, 5) is 38.2. The van der Waals surface area contributed by atoms with Crippen molar-refractivity contribution in [1.29, 1.82) is 0 Å². The Morgan fingerprint density at radius 2 is 2.05 bits per heavy atom. The topological polar surface area (TPSA) is 117 Å². The first-order chi connectivity index (χ1) is 18.3. The van der Waals surface area contributed by atoms with Crippen LogP contribution < -0.4 is 5.32 Å². The normalized spacial score (nSPS) is 24.0. The van der Waals surface area contributed by atoms with Gasteiger partial charge >= 0.3 is 6.09 Å². The van der Waals surface area contributed by atoms with E-state index in [-0.39, 0.29) is 28.8 Å². The predicted octanol–water partition coefficient (Wildman–Crippen LogP) is 5.86. The van der Waals surface area contributed by atoms with Crippen LogP contribution >= 0.6 is 23.4 Å². The number of hydrogen-bond donors (Lipinski definition) is 2. The molecule has 39 heavy (non-hydrogen) atoms. The van der Waals surface area contributed by atoms with Crippen molar-refractivity contribution in [3.05, 3.63) is 52.8 Å². The smallest absolute Gasteiger partial charge is 0.415 e. The van der Waals surface area contributed by atoms with E-state index >= 15 is 4.39 Å². The number of aromatic nitrogens is 2. The summed E-state index contributed by atoms with van der Waals surface area (Å²) in [5.74, 6) is -1.81. The highest BCUT2D eigenvalue weighted by atomic mass is 35.5. The van der Waals surface area contributed by atoms with Gasteiger partial charge in [0.25, 0.3) is 5.91 Å². The second-order valence-corrected chi connectivity index (χ2v) is 18.5. The molecule has 1 saturated carbocycles. The van der Waals surface area contributed by atoms with Gasteiger partial charge in [0.15, 0.2) is 5.17 Å². The zero-order valence-corrected chi connectivity index (χ0v) is 24.6. The third kappa shape index (κ3) is 6.42. The van der Waals surface area contributed by atoms with Gasteiger partial charge in [0, 0.05) is 32.4 Å². The highest BCUT2D eigenvalue weighted by Crippen LogP contribution is 2.66. The minimum Gasteiger partial charge on any atom is -0.465 e. The number of hydrogen-bond acceptors (Lipinski definition) is 7. The van der Waals surface area contributed by atoms with E-state index in [1.54, 1.807) is 6.92 Å². The second kappa shape index (κ2) is 11.1. The van der Waals surface area contributed by atoms with Crippen LogP contribution in [0.4, 0.5) is 19.3 Å². The van der Waals surface area contributed by atoms with Crippen molar-refractivity contribution >= 4 is 54.3 Å². The lowest BCUT2D eigenvalue weighted by molar-refractivity contribution is 0.0701. The molecule has 2 amide bonds. The van der Waals surface area contributed by atoms with Gasteiger partial charge in [-0.25, -0.2) is 24.1 Å². The summed E-state index contributed by atoms with van der Waals surface area (Å²) in [5, 5.41) is 13.0. The van der Waals surface area contributed by atoms with Crippen LogP contribution in [0, 0.1) is 11.9 Å². The lowest BCUT2D eigenvalue weighted by atomic mass is 9.86. The molecule has 0 bridgehead atoms. The molecule has 4 rings (SSSR count). The molecule has 0 aromatic carbocycles. The van der Waals surface area contributed by atoms with Gasteiger partial charge in [-0.1, -0.05) is 43.0 Å². The van der Waals surface area contributed by atoms with E-state index < -0.39 is 48.9 Å². The monoisotopic (exact) mass is 597 g/mol. The standard InChI is InChI=1S/C25H30ClF2N5O4SSi/c1-24(17-9-16(12-30-20(17)28)31-21(34)18-6-5-15(26)11-29-18)19-10-25(19,13-27)38-22(32-24)33(23(35)36)14-37-7-8-39(2,3)4/h5-6,9,11-12,19H,7-8,10,13-14H2,1-4H3,(H,31,34)(H,35,36)/t19-,24+,25+/m0/s1. The molecule has 2 aromatic rings. The summed E-state index contributed by atoms with van der Waals surface area (Å²) < 4.78 is 34.3. The first kappa shape index (κ1) is 29.4. The fourth-order valence-electron chi connectivity index (χ4n) is 4.43. The van der Waals surface area contributed by atoms with E-state index in [2.05, 4.69) is 39.9 Å². The number of fused-ring (bicyclic) bond motifs is 1. The summed E-state index contributed by atoms with van der Waals surface area (Å²) in [6.07, 6.45) is 1.55. The van der Waals surface area contributed by atoms with Crippen LogP contribution in [0.1, 0.15) is 29.4 Å². The summed E-state index contributed by atoms with van der Waals surface area (Å²) in [6.45, 7) is 7.54. The van der Waals surface area contributed by atoms with Crippen molar-refractivity contribution in [2.45, 2.75) is 49.3 Å². The minimum absolute atomic E-state index is 0.0208. The second-order valence-electron chi connectivity index (χ2n) is 11.0. The van der Waals surface area contributed by atoms with E-state index in [1.165, 1.54) is 24.4 Å². The van der Waals surface area contributed by atoms with Crippen LogP contribution in [0.3, 0.4) is 0 Å². The first-order valence-electron chi connectivity index (χ1n) is 12.3. The lowest BCUT2D eigenvalue weighted by Gasteiger charge is -2.36. The molecular formula is C25H30ClF2N5O4SSi. The highest BCUT2D eigenvalue weighted by molar-refractivity contribution is 8.15. The predicted molar refractivity (Wildman–Crippen MR) is 149 cm³/mol. The molecule has 0 saturated heterocycles. The average molecular weight is 598 g/mol. The molecule has 2 aromatic heterocycles. The van der Waals surface area contributed by atoms with E-state index in [4.69, 9.17) is 16.3 Å². The third-order valence-corrected chi connectivity index (χ3v) is 10.2. The number of nitrogens with zero attached hydrogens (tertiary/aromatic N) is 4. The number of carbonyl (C=O) groups excluding carboxylic acids is 1. The van der Waals surface area contributed by atoms with Gasteiger partial charge in [0.05, 0.1) is 27.2 Å². The number of thioether (sulfide) groups is 1. The van der Waals surface area contributed by atoms with Gasteiger partial charge in [0.2, 0.25) is 5.95 Å². The number of aliphatic imine (C=N–C) groups is 1. The van der Waals surface area contributed by atoms with Crippen molar-refractivity contribution in [1.82, 2.24) is 14.9 Å².